The minimum absolute atomic E-state index is 0.102. The summed E-state index contributed by atoms with van der Waals surface area (Å²) >= 11 is 0. The number of ether oxygens (including phenoxy) is 1. The molecule has 0 amide bonds. The van der Waals surface area contributed by atoms with Gasteiger partial charge in [0, 0.05) is 13.7 Å². The second-order valence-corrected chi connectivity index (χ2v) is 3.82. The van der Waals surface area contributed by atoms with Crippen LogP contribution >= 0.6 is 0 Å². The first-order chi connectivity index (χ1) is 7.47. The Morgan fingerprint density at radius 2 is 2.31 bits per heavy atom. The molecule has 2 N–H and O–H groups in total. The Kier molecular flexibility index (Phi) is 3.83. The van der Waals surface area contributed by atoms with Crippen LogP contribution in [0.2, 0.25) is 0 Å². The number of rotatable bonds is 5. The maximum atomic E-state index is 10.7. The zero-order valence-electron chi connectivity index (χ0n) is 9.64. The predicted octanol–water partition coefficient (Wildman–Crippen LogP) is 0.964. The molecule has 1 heterocycles. The first kappa shape index (κ1) is 12.4. The lowest BCUT2D eigenvalue weighted by Crippen LogP contribution is -2.15. The van der Waals surface area contributed by atoms with Crippen molar-refractivity contribution in [2.45, 2.75) is 20.4 Å². The molecule has 0 bridgehead atoms. The van der Waals surface area contributed by atoms with Gasteiger partial charge in [-0.3, -0.25) is 10.1 Å². The summed E-state index contributed by atoms with van der Waals surface area (Å²) in [5, 5.41) is 14.8. The highest BCUT2D eigenvalue weighted by Crippen LogP contribution is 2.25. The van der Waals surface area contributed by atoms with Crippen LogP contribution in [0.25, 0.3) is 0 Å². The van der Waals surface area contributed by atoms with Crippen molar-refractivity contribution in [3.63, 3.8) is 0 Å². The van der Waals surface area contributed by atoms with Gasteiger partial charge in [-0.2, -0.15) is 5.10 Å². The average Bonchev–Trinajstić information content (AvgIpc) is 2.42. The lowest BCUT2D eigenvalue weighted by molar-refractivity contribution is -0.384. The zero-order chi connectivity index (χ0) is 12.3. The lowest BCUT2D eigenvalue weighted by atomic mass is 10.2. The Balaban J connectivity index is 2.90. The Labute approximate surface area is 93.3 Å². The highest BCUT2D eigenvalue weighted by Gasteiger charge is 2.23. The summed E-state index contributed by atoms with van der Waals surface area (Å²) in [5.74, 6) is 0.302. The van der Waals surface area contributed by atoms with Crippen LogP contribution in [0.1, 0.15) is 12.6 Å². The smallest absolute Gasteiger partial charge is 0.333 e. The van der Waals surface area contributed by atoms with Crippen LogP contribution in [0.4, 0.5) is 11.5 Å². The SMILES string of the molecule is COCC(C)Cn1nc(C)c([N+](=O)[O-])c1N. The van der Waals surface area contributed by atoms with Gasteiger partial charge in [0.05, 0.1) is 11.5 Å². The molecule has 7 nitrogen and oxygen atoms in total. The molecule has 1 rings (SSSR count). The summed E-state index contributed by atoms with van der Waals surface area (Å²) in [6.07, 6.45) is 0. The number of nitrogen functional groups attached to an aromatic ring is 1. The van der Waals surface area contributed by atoms with Gasteiger partial charge in [0.25, 0.3) is 0 Å². The van der Waals surface area contributed by atoms with Gasteiger partial charge >= 0.3 is 5.69 Å². The number of hydrogen-bond donors (Lipinski definition) is 1. The molecule has 0 aromatic carbocycles. The number of hydrogen-bond acceptors (Lipinski definition) is 5. The van der Waals surface area contributed by atoms with E-state index in [1.54, 1.807) is 14.0 Å². The summed E-state index contributed by atoms with van der Waals surface area (Å²) in [6, 6.07) is 0. The molecule has 0 aliphatic carbocycles. The third kappa shape index (κ3) is 2.48. The van der Waals surface area contributed by atoms with E-state index < -0.39 is 4.92 Å². The molecule has 0 radical (unpaired) electrons. The summed E-state index contributed by atoms with van der Waals surface area (Å²) < 4.78 is 6.44. The van der Waals surface area contributed by atoms with Crippen LogP contribution in [0.3, 0.4) is 0 Å². The van der Waals surface area contributed by atoms with Gasteiger partial charge in [-0.1, -0.05) is 6.92 Å². The predicted molar refractivity (Wildman–Crippen MR) is 59.1 cm³/mol. The van der Waals surface area contributed by atoms with E-state index in [4.69, 9.17) is 10.5 Å². The summed E-state index contributed by atoms with van der Waals surface area (Å²) in [7, 11) is 1.61. The van der Waals surface area contributed by atoms with Crippen LogP contribution in [0, 0.1) is 23.0 Å². The van der Waals surface area contributed by atoms with Gasteiger partial charge in [0.15, 0.2) is 0 Å². The van der Waals surface area contributed by atoms with E-state index >= 15 is 0 Å². The number of methoxy groups -OCH3 is 1. The number of nitro groups is 1. The first-order valence-corrected chi connectivity index (χ1v) is 4.93. The van der Waals surface area contributed by atoms with Crippen molar-refractivity contribution in [1.29, 1.82) is 0 Å². The molecule has 0 aliphatic rings. The van der Waals surface area contributed by atoms with Crippen molar-refractivity contribution >= 4 is 11.5 Å². The van der Waals surface area contributed by atoms with Crippen molar-refractivity contribution in [3.05, 3.63) is 15.8 Å². The maximum absolute atomic E-state index is 10.7. The minimum Gasteiger partial charge on any atom is -0.384 e. The number of aromatic nitrogens is 2. The molecular weight excluding hydrogens is 212 g/mol. The van der Waals surface area contributed by atoms with Crippen molar-refractivity contribution in [1.82, 2.24) is 9.78 Å². The van der Waals surface area contributed by atoms with Crippen molar-refractivity contribution < 1.29 is 9.66 Å². The van der Waals surface area contributed by atoms with E-state index in [1.807, 2.05) is 6.92 Å². The van der Waals surface area contributed by atoms with E-state index in [2.05, 4.69) is 5.10 Å². The molecule has 0 saturated heterocycles. The Bertz CT molecular complexity index is 388. The van der Waals surface area contributed by atoms with Crippen molar-refractivity contribution in [2.24, 2.45) is 5.92 Å². The van der Waals surface area contributed by atoms with Crippen molar-refractivity contribution in [3.8, 4) is 0 Å². The minimum atomic E-state index is -0.505. The maximum Gasteiger partial charge on any atom is 0.333 e. The molecule has 0 spiro atoms. The number of aryl methyl sites for hydroxylation is 1. The molecule has 1 aromatic rings. The van der Waals surface area contributed by atoms with E-state index in [9.17, 15) is 10.1 Å². The lowest BCUT2D eigenvalue weighted by Gasteiger charge is -2.10. The topological polar surface area (TPSA) is 96.2 Å². The molecule has 16 heavy (non-hydrogen) atoms. The largest absolute Gasteiger partial charge is 0.384 e. The number of nitrogens with zero attached hydrogens (tertiary/aromatic N) is 3. The Morgan fingerprint density at radius 1 is 1.69 bits per heavy atom. The van der Waals surface area contributed by atoms with Gasteiger partial charge in [0.2, 0.25) is 5.82 Å². The molecule has 1 aromatic heterocycles. The second-order valence-electron chi connectivity index (χ2n) is 3.82. The zero-order valence-corrected chi connectivity index (χ0v) is 9.64. The number of anilines is 1. The fourth-order valence-corrected chi connectivity index (χ4v) is 1.59. The van der Waals surface area contributed by atoms with Gasteiger partial charge in [-0.15, -0.1) is 0 Å². The molecule has 0 fully saturated rings. The standard InChI is InChI=1S/C9H16N4O3/c1-6(5-16-3)4-12-9(10)8(13(14)15)7(2)11-12/h6H,4-5,10H2,1-3H3. The molecule has 1 unspecified atom stereocenters. The van der Waals surface area contributed by atoms with E-state index in [0.29, 0.717) is 18.8 Å². The third-order valence-electron chi connectivity index (χ3n) is 2.25. The van der Waals surface area contributed by atoms with E-state index in [1.165, 1.54) is 4.68 Å². The number of nitrogens with two attached hydrogens (primary N) is 1. The average molecular weight is 228 g/mol. The molecule has 0 aliphatic heterocycles. The van der Waals surface area contributed by atoms with Crippen molar-refractivity contribution in [2.75, 3.05) is 19.5 Å². The van der Waals surface area contributed by atoms with E-state index in [-0.39, 0.29) is 17.4 Å². The van der Waals surface area contributed by atoms with Crippen LogP contribution in [0.5, 0.6) is 0 Å². The van der Waals surface area contributed by atoms with Crippen LogP contribution in [0.15, 0.2) is 0 Å². The van der Waals surface area contributed by atoms with Gasteiger partial charge in [-0.25, -0.2) is 4.68 Å². The summed E-state index contributed by atoms with van der Waals surface area (Å²) in [4.78, 5) is 10.2. The quantitative estimate of drug-likeness (QED) is 0.598. The summed E-state index contributed by atoms with van der Waals surface area (Å²) in [5.41, 5.74) is 5.90. The highest BCUT2D eigenvalue weighted by molar-refractivity contribution is 5.55. The fraction of sp³-hybridized carbons (Fsp3) is 0.667. The monoisotopic (exact) mass is 228 g/mol. The summed E-state index contributed by atoms with van der Waals surface area (Å²) in [6.45, 7) is 4.61. The normalized spacial score (nSPS) is 12.7. The third-order valence-corrected chi connectivity index (χ3v) is 2.25. The van der Waals surface area contributed by atoms with Crippen LogP contribution in [-0.4, -0.2) is 28.4 Å². The molecule has 7 heteroatoms. The van der Waals surface area contributed by atoms with Crippen LogP contribution in [-0.2, 0) is 11.3 Å². The molecule has 1 atom stereocenters. The molecule has 90 valence electrons. The van der Waals surface area contributed by atoms with Gasteiger partial charge in [0.1, 0.15) is 5.69 Å². The van der Waals surface area contributed by atoms with Gasteiger partial charge in [-0.05, 0) is 12.8 Å². The van der Waals surface area contributed by atoms with E-state index in [0.717, 1.165) is 0 Å². The van der Waals surface area contributed by atoms with Crippen LogP contribution < -0.4 is 5.73 Å². The Morgan fingerprint density at radius 3 is 2.75 bits per heavy atom. The first-order valence-electron chi connectivity index (χ1n) is 4.93. The second kappa shape index (κ2) is 4.93. The molecular formula is C9H16N4O3. The van der Waals surface area contributed by atoms with Gasteiger partial charge < -0.3 is 10.5 Å². The fourth-order valence-electron chi connectivity index (χ4n) is 1.59. The Hall–Kier alpha value is -1.63. The highest BCUT2D eigenvalue weighted by atomic mass is 16.6. The molecule has 0 saturated carbocycles.